The highest BCUT2D eigenvalue weighted by molar-refractivity contribution is 7.92. The van der Waals surface area contributed by atoms with E-state index in [0.717, 1.165) is 47.4 Å². The highest BCUT2D eigenvalue weighted by atomic mass is 32.2. The van der Waals surface area contributed by atoms with Gasteiger partial charge in [-0.1, -0.05) is 67.8 Å². The molecule has 1 aliphatic rings. The lowest BCUT2D eigenvalue weighted by atomic mass is 10.1. The summed E-state index contributed by atoms with van der Waals surface area (Å²) < 4.78 is 26.3. The van der Waals surface area contributed by atoms with Gasteiger partial charge in [-0.25, -0.2) is 8.42 Å². The average molecular weight is 486 g/mol. The second-order valence-electron chi connectivity index (χ2n) is 9.03. The van der Waals surface area contributed by atoms with E-state index in [1.165, 1.54) is 4.90 Å². The zero-order valence-electron chi connectivity index (χ0n) is 20.2. The maximum atomic E-state index is 13.6. The number of nitrogens with zero attached hydrogens (tertiary/aromatic N) is 2. The van der Waals surface area contributed by atoms with Crippen LogP contribution in [0, 0.1) is 6.92 Å². The van der Waals surface area contributed by atoms with Gasteiger partial charge in [0.15, 0.2) is 0 Å². The van der Waals surface area contributed by atoms with E-state index in [9.17, 15) is 18.0 Å². The number of hydrogen-bond donors (Lipinski definition) is 1. The van der Waals surface area contributed by atoms with Crippen LogP contribution < -0.4 is 9.62 Å². The first kappa shape index (κ1) is 25.7. The number of rotatable bonds is 10. The second-order valence-corrected chi connectivity index (χ2v) is 10.9. The monoisotopic (exact) mass is 485 g/mol. The van der Waals surface area contributed by atoms with Crippen molar-refractivity contribution in [1.82, 2.24) is 10.2 Å². The topological polar surface area (TPSA) is 86.8 Å². The summed E-state index contributed by atoms with van der Waals surface area (Å²) in [6.45, 7) is 3.64. The van der Waals surface area contributed by atoms with Gasteiger partial charge in [0.1, 0.15) is 12.6 Å². The summed E-state index contributed by atoms with van der Waals surface area (Å²) in [5, 5.41) is 3.11. The van der Waals surface area contributed by atoms with Crippen LogP contribution in [0.5, 0.6) is 0 Å². The summed E-state index contributed by atoms with van der Waals surface area (Å²) in [6, 6.07) is 15.9. The van der Waals surface area contributed by atoms with Crippen LogP contribution in [0.1, 0.15) is 50.2 Å². The molecule has 0 aromatic heterocycles. The van der Waals surface area contributed by atoms with E-state index in [1.54, 1.807) is 12.1 Å². The molecular formula is C26H35N3O4S. The van der Waals surface area contributed by atoms with Gasteiger partial charge in [0, 0.05) is 12.6 Å². The molecule has 2 aromatic rings. The normalized spacial score (nSPS) is 15.0. The number of aryl methyl sites for hydroxylation is 1. The number of anilines is 1. The molecule has 0 aliphatic heterocycles. The van der Waals surface area contributed by atoms with Gasteiger partial charge < -0.3 is 10.2 Å². The minimum absolute atomic E-state index is 0.135. The predicted octanol–water partition coefficient (Wildman–Crippen LogP) is 3.63. The molecule has 0 heterocycles. The van der Waals surface area contributed by atoms with Crippen LogP contribution in [-0.4, -0.2) is 50.0 Å². The molecule has 0 saturated heterocycles. The minimum atomic E-state index is -3.72. The van der Waals surface area contributed by atoms with Crippen LogP contribution in [-0.2, 0) is 26.2 Å². The van der Waals surface area contributed by atoms with Crippen LogP contribution in [0.15, 0.2) is 54.6 Å². The Balaban J connectivity index is 1.89. The molecule has 1 atom stereocenters. The molecule has 1 fully saturated rings. The largest absolute Gasteiger partial charge is 0.352 e. The van der Waals surface area contributed by atoms with Gasteiger partial charge in [-0.15, -0.1) is 0 Å². The first-order valence-corrected chi connectivity index (χ1v) is 13.7. The molecule has 0 spiro atoms. The fourth-order valence-electron chi connectivity index (χ4n) is 4.39. The third-order valence-corrected chi connectivity index (χ3v) is 7.42. The van der Waals surface area contributed by atoms with E-state index in [1.807, 2.05) is 56.3 Å². The zero-order valence-corrected chi connectivity index (χ0v) is 21.1. The molecule has 0 unspecified atom stereocenters. The van der Waals surface area contributed by atoms with E-state index >= 15 is 0 Å². The molecule has 0 radical (unpaired) electrons. The van der Waals surface area contributed by atoms with Crippen molar-refractivity contribution in [3.8, 4) is 0 Å². The quantitative estimate of drug-likeness (QED) is 0.557. The lowest BCUT2D eigenvalue weighted by molar-refractivity contribution is -0.140. The first-order valence-electron chi connectivity index (χ1n) is 11.9. The Hall–Kier alpha value is -2.87. The lowest BCUT2D eigenvalue weighted by Gasteiger charge is -2.33. The van der Waals surface area contributed by atoms with Crippen molar-refractivity contribution in [3.63, 3.8) is 0 Å². The van der Waals surface area contributed by atoms with Crippen LogP contribution in [0.25, 0.3) is 0 Å². The fraction of sp³-hybridized carbons (Fsp3) is 0.462. The molecular weight excluding hydrogens is 450 g/mol. The Morgan fingerprint density at radius 1 is 1.03 bits per heavy atom. The predicted molar refractivity (Wildman–Crippen MR) is 135 cm³/mol. The summed E-state index contributed by atoms with van der Waals surface area (Å²) in [6.07, 6.45) is 5.60. The van der Waals surface area contributed by atoms with E-state index in [2.05, 4.69) is 5.32 Å². The standard InChI is InChI=1S/C26H35N3O4S/c1-4-24(26(31)27-22-12-8-9-13-22)28(18-21-10-6-5-7-11-21)25(30)19-29(34(3,32)33)23-16-14-20(2)15-17-23/h5-7,10-11,14-17,22,24H,4,8-9,12-13,18-19H2,1-3H3,(H,27,31)/t24-/m0/s1. The van der Waals surface area contributed by atoms with Crippen molar-refractivity contribution < 1.29 is 18.0 Å². The summed E-state index contributed by atoms with van der Waals surface area (Å²) in [5.41, 5.74) is 2.29. The van der Waals surface area contributed by atoms with Gasteiger partial charge in [-0.05, 0) is 43.9 Å². The number of hydrogen-bond acceptors (Lipinski definition) is 4. The third-order valence-electron chi connectivity index (χ3n) is 6.28. The minimum Gasteiger partial charge on any atom is -0.352 e. The number of amides is 2. The molecule has 7 nitrogen and oxygen atoms in total. The Morgan fingerprint density at radius 2 is 1.65 bits per heavy atom. The molecule has 2 amide bonds. The van der Waals surface area contributed by atoms with Gasteiger partial charge in [0.25, 0.3) is 0 Å². The van der Waals surface area contributed by atoms with Crippen LogP contribution in [0.4, 0.5) is 5.69 Å². The average Bonchev–Trinajstić information content (AvgIpc) is 3.31. The van der Waals surface area contributed by atoms with Gasteiger partial charge in [-0.3, -0.25) is 13.9 Å². The van der Waals surface area contributed by atoms with Gasteiger partial charge in [-0.2, -0.15) is 0 Å². The van der Waals surface area contributed by atoms with Crippen LogP contribution in [0.3, 0.4) is 0 Å². The Bertz CT molecular complexity index is 1060. The molecule has 2 aromatic carbocycles. The smallest absolute Gasteiger partial charge is 0.244 e. The molecule has 8 heteroatoms. The number of nitrogens with one attached hydrogen (secondary N) is 1. The van der Waals surface area contributed by atoms with Gasteiger partial charge >= 0.3 is 0 Å². The van der Waals surface area contributed by atoms with Gasteiger partial charge in [0.05, 0.1) is 11.9 Å². The van der Waals surface area contributed by atoms with Crippen molar-refractivity contribution in [1.29, 1.82) is 0 Å². The molecule has 1 saturated carbocycles. The third kappa shape index (κ3) is 6.82. The molecule has 34 heavy (non-hydrogen) atoms. The summed E-state index contributed by atoms with van der Waals surface area (Å²) in [5.74, 6) is -0.594. The van der Waals surface area contributed by atoms with Crippen molar-refractivity contribution in [2.24, 2.45) is 0 Å². The SMILES string of the molecule is CC[C@@H](C(=O)NC1CCCC1)N(Cc1ccccc1)C(=O)CN(c1ccc(C)cc1)S(C)(=O)=O. The van der Waals surface area contributed by atoms with E-state index < -0.39 is 22.0 Å². The molecule has 3 rings (SSSR count). The van der Waals surface area contributed by atoms with Crippen molar-refractivity contribution in [2.75, 3.05) is 17.1 Å². The number of sulfonamides is 1. The highest BCUT2D eigenvalue weighted by Crippen LogP contribution is 2.21. The van der Waals surface area contributed by atoms with Crippen LogP contribution >= 0.6 is 0 Å². The number of benzene rings is 2. The highest BCUT2D eigenvalue weighted by Gasteiger charge is 2.32. The maximum Gasteiger partial charge on any atom is 0.244 e. The maximum absolute atomic E-state index is 13.6. The molecule has 1 aliphatic carbocycles. The fourth-order valence-corrected chi connectivity index (χ4v) is 5.24. The van der Waals surface area contributed by atoms with E-state index in [4.69, 9.17) is 0 Å². The Morgan fingerprint density at radius 3 is 2.21 bits per heavy atom. The van der Waals surface area contributed by atoms with Crippen molar-refractivity contribution >= 4 is 27.5 Å². The number of carbonyl (C=O) groups excluding carboxylic acids is 2. The summed E-state index contributed by atoms with van der Waals surface area (Å²) in [7, 11) is -3.72. The van der Waals surface area contributed by atoms with E-state index in [-0.39, 0.29) is 25.0 Å². The lowest BCUT2D eigenvalue weighted by Crippen LogP contribution is -2.53. The molecule has 184 valence electrons. The molecule has 0 bridgehead atoms. The van der Waals surface area contributed by atoms with Gasteiger partial charge in [0.2, 0.25) is 21.8 Å². The molecule has 1 N–H and O–H groups in total. The summed E-state index contributed by atoms with van der Waals surface area (Å²) >= 11 is 0. The Kier molecular flexibility index (Phi) is 8.72. The van der Waals surface area contributed by atoms with E-state index in [0.29, 0.717) is 12.1 Å². The van der Waals surface area contributed by atoms with Crippen LogP contribution in [0.2, 0.25) is 0 Å². The first-order chi connectivity index (χ1) is 16.2. The summed E-state index contributed by atoms with van der Waals surface area (Å²) in [4.78, 5) is 28.4. The van der Waals surface area contributed by atoms with Crippen molar-refractivity contribution in [3.05, 3.63) is 65.7 Å². The second kappa shape index (κ2) is 11.5. The Labute approximate surface area is 203 Å². The van der Waals surface area contributed by atoms with Crippen molar-refractivity contribution in [2.45, 2.75) is 64.6 Å². The number of carbonyl (C=O) groups is 2. The zero-order chi connectivity index (χ0) is 24.7.